The van der Waals surface area contributed by atoms with Gasteiger partial charge >= 0.3 is 0 Å². The smallest absolute Gasteiger partial charge is 0.108 e. The molecule has 0 fully saturated rings. The first-order valence-electron chi connectivity index (χ1n) is 5.40. The van der Waals surface area contributed by atoms with Crippen LogP contribution in [0.3, 0.4) is 0 Å². The van der Waals surface area contributed by atoms with Crippen LogP contribution in [0.25, 0.3) is 5.70 Å². The minimum absolute atomic E-state index is 0.500. The highest BCUT2D eigenvalue weighted by molar-refractivity contribution is 5.58. The number of aromatic nitrogens is 2. The first kappa shape index (κ1) is 11.8. The number of aryl methyl sites for hydroxylation is 2. The molecular weight excluding hydrogens is 186 g/mol. The molecule has 0 radical (unpaired) electrons. The normalized spacial score (nSPS) is 12.6. The average Bonchev–Trinajstić information content (AvgIpc) is 2.56. The van der Waals surface area contributed by atoms with Crippen molar-refractivity contribution in [1.82, 2.24) is 14.7 Å². The van der Waals surface area contributed by atoms with Crippen LogP contribution in [-0.2, 0) is 7.05 Å². The van der Waals surface area contributed by atoms with Crippen molar-refractivity contribution in [2.45, 2.75) is 33.2 Å². The zero-order chi connectivity index (χ0) is 11.6. The largest absolute Gasteiger partial charge is 0.371 e. The van der Waals surface area contributed by atoms with Gasteiger partial charge in [0.25, 0.3) is 0 Å². The Bertz CT molecular complexity index is 332. The summed E-state index contributed by atoms with van der Waals surface area (Å²) in [6.45, 7) is 10.5. The van der Waals surface area contributed by atoms with Crippen molar-refractivity contribution in [3.8, 4) is 0 Å². The van der Waals surface area contributed by atoms with Crippen LogP contribution in [-0.4, -0.2) is 27.8 Å². The molecule has 1 unspecified atom stereocenters. The van der Waals surface area contributed by atoms with Gasteiger partial charge in [-0.2, -0.15) is 5.10 Å². The van der Waals surface area contributed by atoms with Crippen LogP contribution < -0.4 is 0 Å². The van der Waals surface area contributed by atoms with Crippen LogP contribution >= 0.6 is 0 Å². The Hall–Kier alpha value is -1.25. The van der Waals surface area contributed by atoms with E-state index in [1.165, 1.54) is 0 Å². The van der Waals surface area contributed by atoms with Crippen molar-refractivity contribution in [3.05, 3.63) is 24.0 Å². The van der Waals surface area contributed by atoms with E-state index in [0.717, 1.165) is 23.5 Å². The summed E-state index contributed by atoms with van der Waals surface area (Å²) in [5, 5.41) is 4.42. The second kappa shape index (κ2) is 4.51. The van der Waals surface area contributed by atoms with E-state index in [4.69, 9.17) is 0 Å². The molecule has 1 rings (SSSR count). The fourth-order valence-corrected chi connectivity index (χ4v) is 1.42. The lowest BCUT2D eigenvalue weighted by molar-refractivity contribution is 0.361. The highest BCUT2D eigenvalue weighted by Gasteiger charge is 2.13. The number of rotatable bonds is 4. The maximum Gasteiger partial charge on any atom is 0.108 e. The number of hydrogen-bond acceptors (Lipinski definition) is 2. The van der Waals surface area contributed by atoms with Crippen LogP contribution in [0.1, 0.15) is 31.7 Å². The van der Waals surface area contributed by atoms with Gasteiger partial charge in [-0.25, -0.2) is 0 Å². The standard InChI is InChI=1S/C12H21N3/c1-7-9(2)14(5)11(4)12-8-10(3)15(6)13-12/h8-9H,4,7H2,1-3,5-6H3. The maximum atomic E-state index is 4.42. The van der Waals surface area contributed by atoms with Crippen LogP contribution in [0.4, 0.5) is 0 Å². The van der Waals surface area contributed by atoms with Crippen molar-refractivity contribution in [2.75, 3.05) is 7.05 Å². The molecular formula is C12H21N3. The van der Waals surface area contributed by atoms with E-state index < -0.39 is 0 Å². The van der Waals surface area contributed by atoms with Gasteiger partial charge in [0.2, 0.25) is 0 Å². The van der Waals surface area contributed by atoms with Crippen molar-refractivity contribution in [3.63, 3.8) is 0 Å². The highest BCUT2D eigenvalue weighted by Crippen LogP contribution is 2.18. The molecule has 0 aliphatic heterocycles. The molecule has 0 amide bonds. The van der Waals surface area contributed by atoms with Gasteiger partial charge in [0.15, 0.2) is 0 Å². The Labute approximate surface area is 92.4 Å². The topological polar surface area (TPSA) is 21.1 Å². The summed E-state index contributed by atoms with van der Waals surface area (Å²) >= 11 is 0. The highest BCUT2D eigenvalue weighted by atomic mass is 15.3. The molecule has 0 bridgehead atoms. The van der Waals surface area contributed by atoms with Crippen LogP contribution in [0, 0.1) is 6.92 Å². The zero-order valence-corrected chi connectivity index (χ0v) is 10.4. The molecule has 0 saturated heterocycles. The van der Waals surface area contributed by atoms with Crippen molar-refractivity contribution in [1.29, 1.82) is 0 Å². The van der Waals surface area contributed by atoms with Crippen molar-refractivity contribution >= 4 is 5.70 Å². The lowest BCUT2D eigenvalue weighted by Gasteiger charge is -2.26. The quantitative estimate of drug-likeness (QED) is 0.756. The Morgan fingerprint density at radius 1 is 1.67 bits per heavy atom. The molecule has 0 saturated carbocycles. The minimum atomic E-state index is 0.500. The van der Waals surface area contributed by atoms with E-state index in [1.807, 2.05) is 18.7 Å². The Balaban J connectivity index is 2.85. The summed E-state index contributed by atoms with van der Waals surface area (Å²) in [6, 6.07) is 2.57. The summed E-state index contributed by atoms with van der Waals surface area (Å²) in [7, 11) is 4.02. The molecule has 0 N–H and O–H groups in total. The summed E-state index contributed by atoms with van der Waals surface area (Å²) in [5.41, 5.74) is 3.12. The lowest BCUT2D eigenvalue weighted by Crippen LogP contribution is -2.26. The van der Waals surface area contributed by atoms with E-state index in [-0.39, 0.29) is 0 Å². The summed E-state index contributed by atoms with van der Waals surface area (Å²) < 4.78 is 1.88. The fourth-order valence-electron chi connectivity index (χ4n) is 1.42. The lowest BCUT2D eigenvalue weighted by atomic mass is 10.2. The molecule has 0 aliphatic rings. The van der Waals surface area contributed by atoms with Crippen molar-refractivity contribution < 1.29 is 0 Å². The Morgan fingerprint density at radius 2 is 2.27 bits per heavy atom. The van der Waals surface area contributed by atoms with Gasteiger partial charge in [-0.3, -0.25) is 4.68 Å². The minimum Gasteiger partial charge on any atom is -0.371 e. The molecule has 1 aromatic heterocycles. The van der Waals surface area contributed by atoms with Crippen molar-refractivity contribution in [2.24, 2.45) is 7.05 Å². The third kappa shape index (κ3) is 2.41. The predicted molar refractivity (Wildman–Crippen MR) is 64.5 cm³/mol. The third-order valence-corrected chi connectivity index (χ3v) is 3.09. The number of nitrogens with zero attached hydrogens (tertiary/aromatic N) is 3. The summed E-state index contributed by atoms with van der Waals surface area (Å²) in [4.78, 5) is 2.18. The average molecular weight is 207 g/mol. The van der Waals surface area contributed by atoms with Gasteiger partial charge in [-0.05, 0) is 26.3 Å². The summed E-state index contributed by atoms with van der Waals surface area (Å²) in [5.74, 6) is 0. The molecule has 3 heteroatoms. The molecule has 15 heavy (non-hydrogen) atoms. The number of hydrogen-bond donors (Lipinski definition) is 0. The fraction of sp³-hybridized carbons (Fsp3) is 0.583. The first-order chi connectivity index (χ1) is 6.97. The Kier molecular flexibility index (Phi) is 3.56. The predicted octanol–water partition coefficient (Wildman–Crippen LogP) is 2.43. The van der Waals surface area contributed by atoms with Crippen LogP contribution in [0.15, 0.2) is 12.6 Å². The first-order valence-corrected chi connectivity index (χ1v) is 5.40. The second-order valence-electron chi connectivity index (χ2n) is 4.11. The SMILES string of the molecule is C=C(c1cc(C)n(C)n1)N(C)C(C)CC. The Morgan fingerprint density at radius 3 is 2.67 bits per heavy atom. The van der Waals surface area contributed by atoms with E-state index in [2.05, 4.69) is 43.5 Å². The van der Waals surface area contributed by atoms with E-state index >= 15 is 0 Å². The van der Waals surface area contributed by atoms with Gasteiger partial charge in [-0.15, -0.1) is 0 Å². The molecule has 3 nitrogen and oxygen atoms in total. The monoisotopic (exact) mass is 207 g/mol. The van der Waals surface area contributed by atoms with E-state index in [0.29, 0.717) is 6.04 Å². The second-order valence-corrected chi connectivity index (χ2v) is 4.11. The zero-order valence-electron chi connectivity index (χ0n) is 10.4. The molecule has 0 aliphatic carbocycles. The molecule has 1 heterocycles. The summed E-state index contributed by atoms with van der Waals surface area (Å²) in [6.07, 6.45) is 1.11. The van der Waals surface area contributed by atoms with E-state index in [1.54, 1.807) is 0 Å². The van der Waals surface area contributed by atoms with Crippen LogP contribution in [0.2, 0.25) is 0 Å². The van der Waals surface area contributed by atoms with Gasteiger partial charge in [0.1, 0.15) is 5.69 Å². The van der Waals surface area contributed by atoms with Gasteiger partial charge < -0.3 is 4.90 Å². The van der Waals surface area contributed by atoms with Gasteiger partial charge in [-0.1, -0.05) is 13.5 Å². The van der Waals surface area contributed by atoms with Gasteiger partial charge in [0.05, 0.1) is 5.70 Å². The van der Waals surface area contributed by atoms with Crippen LogP contribution in [0.5, 0.6) is 0 Å². The molecule has 0 spiro atoms. The van der Waals surface area contributed by atoms with Gasteiger partial charge in [0, 0.05) is 25.8 Å². The third-order valence-electron chi connectivity index (χ3n) is 3.09. The molecule has 1 atom stereocenters. The molecule has 0 aromatic carbocycles. The van der Waals surface area contributed by atoms with E-state index in [9.17, 15) is 0 Å². The maximum absolute atomic E-state index is 4.42. The molecule has 1 aromatic rings. The molecule has 84 valence electrons.